The van der Waals surface area contributed by atoms with Crippen LogP contribution in [0.25, 0.3) is 5.32 Å². The number of aromatic nitrogens is 3. The minimum atomic E-state index is -0.575. The molecule has 1 aliphatic rings. The maximum Gasteiger partial charge on any atom is 1.00 e. The van der Waals surface area contributed by atoms with E-state index in [4.69, 9.17) is 10.1 Å². The Morgan fingerprint density at radius 1 is 1.38 bits per heavy atom. The minimum absolute atomic E-state index is 0. The van der Waals surface area contributed by atoms with Crippen molar-refractivity contribution in [1.82, 2.24) is 14.3 Å². The Kier molecular flexibility index (Phi) is 11.0. The molecule has 1 unspecified atom stereocenters. The van der Waals surface area contributed by atoms with E-state index in [-0.39, 0.29) is 57.4 Å². The summed E-state index contributed by atoms with van der Waals surface area (Å²) in [6.45, 7) is 1.15. The predicted octanol–water partition coefficient (Wildman–Crippen LogP) is 2.05. The van der Waals surface area contributed by atoms with Gasteiger partial charge in [-0.25, -0.2) is 10.0 Å². The van der Waals surface area contributed by atoms with Crippen LogP contribution in [0.4, 0.5) is 5.82 Å². The summed E-state index contributed by atoms with van der Waals surface area (Å²) < 4.78 is 9.71. The molecule has 2 aromatic heterocycles. The molecule has 1 N–H and O–H groups in total. The van der Waals surface area contributed by atoms with E-state index in [2.05, 4.69) is 35.3 Å². The minimum Gasteiger partial charge on any atom is -0.468 e. The van der Waals surface area contributed by atoms with Crippen LogP contribution in [0.2, 0.25) is 0 Å². The molecule has 1 fully saturated rings. The van der Waals surface area contributed by atoms with E-state index in [1.54, 1.807) is 13.2 Å². The zero-order valence-corrected chi connectivity index (χ0v) is 24.1. The molecule has 7 nitrogen and oxygen atoms in total. The third kappa shape index (κ3) is 7.20. The predicted molar refractivity (Wildman–Crippen MR) is 129 cm³/mol. The molecular formula is C23H35KN6OS. The third-order valence-electron chi connectivity index (χ3n) is 5.96. The molecule has 0 saturated heterocycles. The summed E-state index contributed by atoms with van der Waals surface area (Å²) in [5.41, 5.74) is 1.91. The fourth-order valence-corrected chi connectivity index (χ4v) is 4.82. The number of nitrogens with one attached hydrogen (secondary N) is 1. The topological polar surface area (TPSA) is 93.7 Å². The van der Waals surface area contributed by atoms with Gasteiger partial charge in [-0.2, -0.15) is 10.4 Å². The van der Waals surface area contributed by atoms with E-state index in [0.29, 0.717) is 24.8 Å². The average Bonchev–Trinajstić information content (AvgIpc) is 3.48. The Morgan fingerprint density at radius 2 is 2.09 bits per heavy atom. The summed E-state index contributed by atoms with van der Waals surface area (Å²) in [5.74, 6) is 2.31. The third-order valence-corrected chi connectivity index (χ3v) is 7.35. The molecule has 1 atom stereocenters. The van der Waals surface area contributed by atoms with Gasteiger partial charge in [0.25, 0.3) is 0 Å². The molecule has 0 radical (unpaired) electrons. The van der Waals surface area contributed by atoms with Crippen molar-refractivity contribution in [3.63, 3.8) is 0 Å². The van der Waals surface area contributed by atoms with Crippen LogP contribution >= 0.6 is 10.0 Å². The van der Waals surface area contributed by atoms with Crippen LogP contribution in [0.3, 0.4) is 0 Å². The van der Waals surface area contributed by atoms with Gasteiger partial charge in [-0.15, -0.1) is 0 Å². The van der Waals surface area contributed by atoms with Crippen LogP contribution in [0.5, 0.6) is 0 Å². The van der Waals surface area contributed by atoms with Crippen LogP contribution in [0, 0.1) is 22.7 Å². The summed E-state index contributed by atoms with van der Waals surface area (Å²) in [7, 11) is 1.17. The van der Waals surface area contributed by atoms with Gasteiger partial charge in [-0.05, 0) is 43.1 Å². The fourth-order valence-electron chi connectivity index (χ4n) is 4.20. The Balaban J connectivity index is 0.00000363. The van der Waals surface area contributed by atoms with E-state index >= 15 is 0 Å². The van der Waals surface area contributed by atoms with Crippen molar-refractivity contribution < 1.29 is 56.1 Å². The Labute approximate surface area is 236 Å². The molecule has 32 heavy (non-hydrogen) atoms. The van der Waals surface area contributed by atoms with Crippen molar-refractivity contribution in [2.75, 3.05) is 38.2 Å². The van der Waals surface area contributed by atoms with Crippen molar-refractivity contribution in [3.05, 3.63) is 41.1 Å². The van der Waals surface area contributed by atoms with Crippen molar-refractivity contribution in [1.29, 1.82) is 10.7 Å². The Hall–Kier alpha value is -0.604. The van der Waals surface area contributed by atoms with Crippen molar-refractivity contribution in [2.45, 2.75) is 44.9 Å². The van der Waals surface area contributed by atoms with Gasteiger partial charge < -0.3 is 14.6 Å². The second-order valence-corrected chi connectivity index (χ2v) is 13.7. The maximum atomic E-state index is 9.30. The van der Waals surface area contributed by atoms with Gasteiger partial charge in [0.2, 0.25) is 0 Å². The van der Waals surface area contributed by atoms with E-state index in [0.717, 1.165) is 42.1 Å². The van der Waals surface area contributed by atoms with Gasteiger partial charge in [-0.1, -0.05) is 38.0 Å². The molecule has 3 rings (SSSR count). The molecule has 0 amide bonds. The van der Waals surface area contributed by atoms with Crippen molar-refractivity contribution >= 4 is 21.6 Å². The summed E-state index contributed by atoms with van der Waals surface area (Å²) in [5, 5.41) is 27.0. The van der Waals surface area contributed by atoms with Crippen LogP contribution in [0.15, 0.2) is 24.7 Å². The van der Waals surface area contributed by atoms with Gasteiger partial charge in [0.1, 0.15) is 0 Å². The molecular weight excluding hydrogens is 447 g/mol. The number of nitriles is 1. The first kappa shape index (κ1) is 27.6. The Morgan fingerprint density at radius 3 is 2.72 bits per heavy atom. The quantitative estimate of drug-likeness (QED) is 0.302. The zero-order valence-electron chi connectivity index (χ0n) is 20.2. The molecule has 170 valence electrons. The Bertz CT molecular complexity index is 920. The molecule has 0 aliphatic heterocycles. The average molecular weight is 483 g/mol. The maximum absolute atomic E-state index is 9.30. The summed E-state index contributed by atoms with van der Waals surface area (Å²) in [6.07, 6.45) is 17.6. The zero-order chi connectivity index (χ0) is 22.4. The normalized spacial score (nSPS) is 15.7. The first-order valence-electron chi connectivity index (χ1n) is 10.9. The van der Waals surface area contributed by atoms with E-state index < -0.39 is 10.0 Å². The fraction of sp³-hybridized carbons (Fsp3) is 0.609. The molecule has 2 aromatic rings. The number of hydrogen-bond donors (Lipinski definition) is 1. The number of nitrogens with zero attached hydrogens (tertiary/aromatic N) is 5. The van der Waals surface area contributed by atoms with Gasteiger partial charge in [0.05, 0.1) is 43.8 Å². The molecule has 9 heteroatoms. The van der Waals surface area contributed by atoms with Crippen LogP contribution in [0.1, 0.15) is 49.3 Å². The van der Waals surface area contributed by atoms with Gasteiger partial charge in [0.15, 0.2) is 0 Å². The second-order valence-electron chi connectivity index (χ2n) is 9.14. The molecule has 1 aliphatic carbocycles. The first-order chi connectivity index (χ1) is 14.8. The molecule has 0 bridgehead atoms. The van der Waals surface area contributed by atoms with Crippen LogP contribution in [-0.2, 0) is 11.5 Å². The molecule has 0 spiro atoms. The number of rotatable bonds is 11. The van der Waals surface area contributed by atoms with E-state index in [1.807, 2.05) is 27.7 Å². The van der Waals surface area contributed by atoms with E-state index in [1.165, 1.54) is 12.8 Å². The van der Waals surface area contributed by atoms with Gasteiger partial charge >= 0.3 is 51.4 Å². The smallest absolute Gasteiger partial charge is 0.468 e. The number of ether oxygens (including phenoxy) is 1. The first-order valence-corrected chi connectivity index (χ1v) is 13.9. The monoisotopic (exact) mass is 482 g/mol. The molecule has 1 saturated carbocycles. The van der Waals surface area contributed by atoms with Gasteiger partial charge in [-0.3, -0.25) is 10.1 Å². The van der Waals surface area contributed by atoms with Crippen molar-refractivity contribution in [3.8, 4) is 6.07 Å². The van der Waals surface area contributed by atoms with Gasteiger partial charge in [0, 0.05) is 17.5 Å². The van der Waals surface area contributed by atoms with Crippen molar-refractivity contribution in [2.24, 2.45) is 5.92 Å². The van der Waals surface area contributed by atoms with Crippen LogP contribution < -0.4 is 51.4 Å². The van der Waals surface area contributed by atoms with E-state index in [9.17, 15) is 5.26 Å². The molecule has 2 heterocycles. The SMILES string of the molecule is C[N-]c1c(C(=N)c2cnn(C(CC#N)C3CCCC3)c2)ccn1COCCS(C)(C)C.[K+]. The largest absolute Gasteiger partial charge is 1.00 e. The summed E-state index contributed by atoms with van der Waals surface area (Å²) >= 11 is 0. The summed E-state index contributed by atoms with van der Waals surface area (Å²) in [4.78, 5) is 0. The van der Waals surface area contributed by atoms with Crippen LogP contribution in [-0.4, -0.2) is 58.2 Å². The summed E-state index contributed by atoms with van der Waals surface area (Å²) in [6, 6.07) is 4.33. The molecule has 0 aromatic carbocycles. The second kappa shape index (κ2) is 12.7. The standard InChI is InChI=1S/C23H35N6OS.K/c1-26-23-20(10-12-28(23)17-30-13-14-31(2,3)4)22(25)19-15-27-29(16-19)21(9-11-24)18-7-5-6-8-18;/h10,12,15-16,18,21,25H,5-9,13-14,17H2,1-4H3;/q-1;+1. The number of hydrogen-bond acceptors (Lipinski definition) is 4.